The minimum absolute atomic E-state index is 0.0912. The van der Waals surface area contributed by atoms with Gasteiger partial charge in [0.15, 0.2) is 5.92 Å². The molecule has 1 aliphatic rings. The van der Waals surface area contributed by atoms with Crippen LogP contribution in [0.5, 0.6) is 5.75 Å². The van der Waals surface area contributed by atoms with E-state index in [0.29, 0.717) is 17.0 Å². The molecule has 1 aliphatic heterocycles. The second-order valence-corrected chi connectivity index (χ2v) is 7.09. The summed E-state index contributed by atoms with van der Waals surface area (Å²) in [5.74, 6) is -3.30. The zero-order chi connectivity index (χ0) is 23.4. The highest BCUT2D eigenvalue weighted by Gasteiger charge is 2.43. The molecular weight excluding hydrogens is 422 g/mol. The summed E-state index contributed by atoms with van der Waals surface area (Å²) in [7, 11) is 0. The fraction of sp³-hybridized carbons (Fsp3) is 0.286. The first-order chi connectivity index (χ1) is 15.2. The lowest BCUT2D eigenvalue weighted by Gasteiger charge is -2.37. The number of carboxylic acid groups (broad SMARTS) is 1. The van der Waals surface area contributed by atoms with Crippen LogP contribution in [0.4, 0.5) is 16.2 Å². The molecule has 168 valence electrons. The van der Waals surface area contributed by atoms with E-state index < -0.39 is 28.7 Å². The van der Waals surface area contributed by atoms with Crippen molar-refractivity contribution in [2.24, 2.45) is 5.92 Å². The molecular formula is C21H21N3O8. The zero-order valence-corrected chi connectivity index (χ0v) is 17.1. The number of nitro benzene ring substituents is 1. The van der Waals surface area contributed by atoms with Gasteiger partial charge in [0.2, 0.25) is 5.91 Å². The van der Waals surface area contributed by atoms with Crippen molar-refractivity contribution in [2.75, 3.05) is 24.7 Å². The molecule has 2 N–H and O–H groups in total. The van der Waals surface area contributed by atoms with E-state index in [4.69, 9.17) is 9.84 Å². The van der Waals surface area contributed by atoms with Crippen molar-refractivity contribution in [3.05, 3.63) is 63.7 Å². The van der Waals surface area contributed by atoms with E-state index in [-0.39, 0.29) is 37.6 Å². The number of hydrogen-bond acceptors (Lipinski definition) is 7. The van der Waals surface area contributed by atoms with Crippen molar-refractivity contribution in [2.45, 2.75) is 13.5 Å². The number of urea groups is 1. The van der Waals surface area contributed by atoms with Crippen molar-refractivity contribution < 1.29 is 34.3 Å². The first-order valence-corrected chi connectivity index (χ1v) is 9.67. The van der Waals surface area contributed by atoms with Crippen LogP contribution in [-0.4, -0.2) is 57.7 Å². The maximum atomic E-state index is 13.1. The van der Waals surface area contributed by atoms with E-state index in [1.807, 2.05) is 0 Å². The molecule has 11 nitrogen and oxygen atoms in total. The summed E-state index contributed by atoms with van der Waals surface area (Å²) in [6.07, 6.45) is 0. The van der Waals surface area contributed by atoms with Crippen LogP contribution in [0, 0.1) is 23.0 Å². The van der Waals surface area contributed by atoms with Gasteiger partial charge in [-0.25, -0.2) is 4.79 Å². The molecule has 3 rings (SSSR count). The zero-order valence-electron chi connectivity index (χ0n) is 17.1. The van der Waals surface area contributed by atoms with Gasteiger partial charge in [0, 0.05) is 23.9 Å². The standard InChI is InChI=1S/C21H21N3O8/c1-13-14(3-2-4-18(13)24(30)31)11-23-19(26)17(20(27)28)12-22(21(23)29)15-5-7-16(8-6-15)32-10-9-25/h2-8,17,25H,9-12H2,1H3,(H,27,28). The topological polar surface area (TPSA) is 151 Å². The van der Waals surface area contributed by atoms with E-state index in [2.05, 4.69) is 0 Å². The number of rotatable bonds is 8. The number of hydrogen-bond donors (Lipinski definition) is 2. The Kier molecular flexibility index (Phi) is 6.69. The van der Waals surface area contributed by atoms with Crippen molar-refractivity contribution in [1.29, 1.82) is 0 Å². The predicted molar refractivity (Wildman–Crippen MR) is 111 cm³/mol. The number of nitrogens with zero attached hydrogens (tertiary/aromatic N) is 3. The van der Waals surface area contributed by atoms with Crippen LogP contribution in [0.2, 0.25) is 0 Å². The number of amides is 3. The summed E-state index contributed by atoms with van der Waals surface area (Å²) >= 11 is 0. The molecule has 1 saturated heterocycles. The molecule has 1 fully saturated rings. The van der Waals surface area contributed by atoms with Crippen molar-refractivity contribution >= 4 is 29.3 Å². The van der Waals surface area contributed by atoms with Crippen LogP contribution < -0.4 is 9.64 Å². The molecule has 32 heavy (non-hydrogen) atoms. The smallest absolute Gasteiger partial charge is 0.331 e. The second-order valence-electron chi connectivity index (χ2n) is 7.09. The molecule has 0 aromatic heterocycles. The lowest BCUT2D eigenvalue weighted by molar-refractivity contribution is -0.385. The first kappa shape index (κ1) is 22.7. The first-order valence-electron chi connectivity index (χ1n) is 9.67. The van der Waals surface area contributed by atoms with Gasteiger partial charge in [-0.1, -0.05) is 12.1 Å². The molecule has 1 unspecified atom stereocenters. The lowest BCUT2D eigenvalue weighted by Crippen LogP contribution is -2.58. The van der Waals surface area contributed by atoms with Crippen LogP contribution in [0.1, 0.15) is 11.1 Å². The van der Waals surface area contributed by atoms with Gasteiger partial charge in [0.05, 0.1) is 18.1 Å². The van der Waals surface area contributed by atoms with Gasteiger partial charge in [-0.05, 0) is 36.8 Å². The number of anilines is 1. The van der Waals surface area contributed by atoms with Gasteiger partial charge < -0.3 is 14.9 Å². The monoisotopic (exact) mass is 443 g/mol. The molecule has 11 heteroatoms. The molecule has 2 aromatic carbocycles. The highest BCUT2D eigenvalue weighted by molar-refractivity contribution is 6.12. The molecule has 0 radical (unpaired) electrons. The average Bonchev–Trinajstić information content (AvgIpc) is 2.76. The van der Waals surface area contributed by atoms with Crippen LogP contribution in [0.3, 0.4) is 0 Å². The Labute approximate surface area is 182 Å². The number of carboxylic acids is 1. The largest absolute Gasteiger partial charge is 0.491 e. The number of imide groups is 1. The van der Waals surface area contributed by atoms with E-state index in [9.17, 15) is 29.6 Å². The molecule has 1 heterocycles. The molecule has 2 aromatic rings. The lowest BCUT2D eigenvalue weighted by atomic mass is 10.0. The number of benzene rings is 2. The number of carbonyl (C=O) groups is 3. The van der Waals surface area contributed by atoms with Gasteiger partial charge in [-0.3, -0.25) is 29.5 Å². The minimum atomic E-state index is -1.49. The van der Waals surface area contributed by atoms with Crippen LogP contribution in [0.15, 0.2) is 42.5 Å². The molecule has 3 amide bonds. The average molecular weight is 443 g/mol. The summed E-state index contributed by atoms with van der Waals surface area (Å²) in [5.41, 5.74) is 0.836. The Morgan fingerprint density at radius 3 is 2.50 bits per heavy atom. The number of aliphatic carboxylic acids is 1. The van der Waals surface area contributed by atoms with Gasteiger partial charge in [-0.2, -0.15) is 0 Å². The Morgan fingerprint density at radius 1 is 1.22 bits per heavy atom. The van der Waals surface area contributed by atoms with E-state index >= 15 is 0 Å². The Hall–Kier alpha value is -3.99. The van der Waals surface area contributed by atoms with Crippen LogP contribution in [-0.2, 0) is 16.1 Å². The fourth-order valence-corrected chi connectivity index (χ4v) is 3.41. The summed E-state index contributed by atoms with van der Waals surface area (Å²) < 4.78 is 5.28. The van der Waals surface area contributed by atoms with Gasteiger partial charge in [-0.15, -0.1) is 0 Å². The Bertz CT molecular complexity index is 1050. The summed E-state index contributed by atoms with van der Waals surface area (Å²) in [6.45, 7) is 0.774. The highest BCUT2D eigenvalue weighted by atomic mass is 16.6. The van der Waals surface area contributed by atoms with Crippen molar-refractivity contribution in [3.8, 4) is 5.75 Å². The Morgan fingerprint density at radius 2 is 1.91 bits per heavy atom. The van der Waals surface area contributed by atoms with Crippen LogP contribution >= 0.6 is 0 Å². The van der Waals surface area contributed by atoms with Gasteiger partial charge in [0.25, 0.3) is 5.69 Å². The maximum Gasteiger partial charge on any atom is 0.331 e. The third-order valence-electron chi connectivity index (χ3n) is 5.14. The van der Waals surface area contributed by atoms with Crippen molar-refractivity contribution in [1.82, 2.24) is 4.90 Å². The maximum absolute atomic E-state index is 13.1. The van der Waals surface area contributed by atoms with E-state index in [1.165, 1.54) is 36.1 Å². The number of aliphatic hydroxyl groups excluding tert-OH is 1. The van der Waals surface area contributed by atoms with Gasteiger partial charge >= 0.3 is 12.0 Å². The predicted octanol–water partition coefficient (Wildman–Crippen LogP) is 1.94. The summed E-state index contributed by atoms with van der Waals surface area (Å²) in [4.78, 5) is 50.2. The normalized spacial score (nSPS) is 16.2. The molecule has 0 saturated carbocycles. The third kappa shape index (κ3) is 4.52. The quantitative estimate of drug-likeness (QED) is 0.357. The minimum Gasteiger partial charge on any atom is -0.491 e. The van der Waals surface area contributed by atoms with E-state index in [0.717, 1.165) is 4.90 Å². The molecule has 0 aliphatic carbocycles. The van der Waals surface area contributed by atoms with E-state index in [1.54, 1.807) is 18.2 Å². The number of aliphatic hydroxyl groups is 1. The summed E-state index contributed by atoms with van der Waals surface area (Å²) in [6, 6.07) is 9.75. The van der Waals surface area contributed by atoms with Crippen LogP contribution in [0.25, 0.3) is 0 Å². The second kappa shape index (κ2) is 9.43. The summed E-state index contributed by atoms with van der Waals surface area (Å²) in [5, 5.41) is 29.6. The molecule has 0 bridgehead atoms. The highest BCUT2D eigenvalue weighted by Crippen LogP contribution is 2.29. The number of ether oxygens (including phenoxy) is 1. The van der Waals surface area contributed by atoms with Gasteiger partial charge in [0.1, 0.15) is 12.4 Å². The molecule has 0 spiro atoms. The Balaban J connectivity index is 1.93. The van der Waals surface area contributed by atoms with Crippen molar-refractivity contribution in [3.63, 3.8) is 0 Å². The SMILES string of the molecule is Cc1c(CN2C(=O)C(C(=O)O)CN(c3ccc(OCCO)cc3)C2=O)cccc1[N+](=O)[O-]. The third-order valence-corrected chi connectivity index (χ3v) is 5.14. The fourth-order valence-electron chi connectivity index (χ4n) is 3.41. The number of carbonyl (C=O) groups excluding carboxylic acids is 2. The number of nitro groups is 1. The molecule has 1 atom stereocenters.